The summed E-state index contributed by atoms with van der Waals surface area (Å²) in [6.07, 6.45) is 9.76. The van der Waals surface area contributed by atoms with E-state index in [-0.39, 0.29) is 0 Å². The number of hydrogen-bond donors (Lipinski definition) is 0. The highest BCUT2D eigenvalue weighted by Gasteiger charge is 2.44. The summed E-state index contributed by atoms with van der Waals surface area (Å²) in [4.78, 5) is 4.92. The number of hydrogen-bond acceptors (Lipinski definition) is 2. The first-order valence-corrected chi connectivity index (χ1v) is 14.9. The van der Waals surface area contributed by atoms with Crippen molar-refractivity contribution in [2.24, 2.45) is 0 Å². The molecule has 2 nitrogen and oxygen atoms in total. The van der Waals surface area contributed by atoms with Gasteiger partial charge in [0, 0.05) is 35.9 Å². The third kappa shape index (κ3) is 2.99. The molecule has 0 bridgehead atoms. The van der Waals surface area contributed by atoms with Crippen LogP contribution in [0.1, 0.15) is 13.8 Å². The standard InChI is InChI=1S/C30H30N2Si/c1-21-19-27-25(15-17-31(27)23-11-7-5-8-12-23)29(21)33(3,4)30-22(2)20-28-26(30)16-18-32(28)24-13-9-6-10-14-24/h5-16,19-20H,17-18H2,1-4H3. The molecular weight excluding hydrogens is 416 g/mol. The van der Waals surface area contributed by atoms with Crippen molar-refractivity contribution in [1.82, 2.24) is 0 Å². The second kappa shape index (κ2) is 7.36. The van der Waals surface area contributed by atoms with Crippen LogP contribution in [0.25, 0.3) is 0 Å². The van der Waals surface area contributed by atoms with E-state index in [2.05, 4.69) is 122 Å². The third-order valence-electron chi connectivity index (χ3n) is 7.51. The summed E-state index contributed by atoms with van der Waals surface area (Å²) in [5.41, 5.74) is 11.2. The van der Waals surface area contributed by atoms with Crippen molar-refractivity contribution in [3.8, 4) is 0 Å². The fourth-order valence-electron chi connectivity index (χ4n) is 6.30. The molecule has 0 atom stereocenters. The highest BCUT2D eigenvalue weighted by molar-refractivity contribution is 6.93. The first-order valence-electron chi connectivity index (χ1n) is 11.9. The Labute approximate surface area is 198 Å². The van der Waals surface area contributed by atoms with Crippen LogP contribution < -0.4 is 9.80 Å². The predicted molar refractivity (Wildman–Crippen MR) is 143 cm³/mol. The topological polar surface area (TPSA) is 6.48 Å². The van der Waals surface area contributed by atoms with Crippen LogP contribution in [-0.2, 0) is 0 Å². The first-order chi connectivity index (χ1) is 16.0. The van der Waals surface area contributed by atoms with Crippen LogP contribution >= 0.6 is 0 Å². The zero-order chi connectivity index (χ0) is 22.7. The molecule has 0 unspecified atom stereocenters. The Morgan fingerprint density at radius 3 is 1.39 bits per heavy atom. The molecule has 33 heavy (non-hydrogen) atoms. The summed E-state index contributed by atoms with van der Waals surface area (Å²) in [6, 6.07) is 21.6. The molecule has 164 valence electrons. The zero-order valence-electron chi connectivity index (χ0n) is 19.9. The van der Waals surface area contributed by atoms with Crippen molar-refractivity contribution in [3.05, 3.63) is 129 Å². The Bertz CT molecular complexity index is 1230. The van der Waals surface area contributed by atoms with Crippen LogP contribution in [0.2, 0.25) is 13.1 Å². The van der Waals surface area contributed by atoms with E-state index in [0.29, 0.717) is 0 Å². The molecule has 6 rings (SSSR count). The number of anilines is 2. The molecule has 0 spiro atoms. The van der Waals surface area contributed by atoms with Crippen LogP contribution in [0.15, 0.2) is 129 Å². The molecule has 0 fully saturated rings. The second-order valence-electron chi connectivity index (χ2n) is 9.93. The van der Waals surface area contributed by atoms with Crippen LogP contribution in [-0.4, -0.2) is 21.2 Å². The summed E-state index contributed by atoms with van der Waals surface area (Å²) in [5.74, 6) is 0. The quantitative estimate of drug-likeness (QED) is 0.462. The van der Waals surface area contributed by atoms with Crippen LogP contribution in [0, 0.1) is 0 Å². The minimum Gasteiger partial charge on any atom is -0.337 e. The minimum absolute atomic E-state index is 0.957. The van der Waals surface area contributed by atoms with Gasteiger partial charge in [0.25, 0.3) is 0 Å². The SMILES string of the molecule is CC1=C([Si](C)(C)C2=C(C)C=C3C2=CCN3c2ccccc2)C2=CCN(c3ccccc3)C2=C1. The smallest absolute Gasteiger partial charge is 0.114 e. The Morgan fingerprint density at radius 2 is 1.00 bits per heavy atom. The van der Waals surface area contributed by atoms with Gasteiger partial charge >= 0.3 is 0 Å². The third-order valence-corrected chi connectivity index (χ3v) is 11.3. The molecule has 2 aliphatic carbocycles. The molecule has 0 radical (unpaired) electrons. The summed E-state index contributed by atoms with van der Waals surface area (Å²) in [6.45, 7) is 11.7. The lowest BCUT2D eigenvalue weighted by atomic mass is 10.2. The van der Waals surface area contributed by atoms with E-state index in [1.54, 1.807) is 10.4 Å². The zero-order valence-corrected chi connectivity index (χ0v) is 20.9. The molecule has 0 N–H and O–H groups in total. The van der Waals surface area contributed by atoms with Gasteiger partial charge in [-0.25, -0.2) is 0 Å². The molecule has 0 saturated heterocycles. The van der Waals surface area contributed by atoms with Gasteiger partial charge in [-0.2, -0.15) is 0 Å². The highest BCUT2D eigenvalue weighted by atomic mass is 28.3. The van der Waals surface area contributed by atoms with E-state index >= 15 is 0 Å². The maximum absolute atomic E-state index is 2.55. The molecule has 0 amide bonds. The number of allylic oxidation sites excluding steroid dienone is 6. The molecule has 4 aliphatic rings. The monoisotopic (exact) mass is 446 g/mol. The number of nitrogens with zero attached hydrogens (tertiary/aromatic N) is 2. The summed E-state index contributed by atoms with van der Waals surface area (Å²) < 4.78 is 0. The Morgan fingerprint density at radius 1 is 0.606 bits per heavy atom. The first kappa shape index (κ1) is 20.3. The van der Waals surface area contributed by atoms with E-state index in [1.807, 2.05) is 0 Å². The molecule has 0 aromatic heterocycles. The van der Waals surface area contributed by atoms with E-state index in [1.165, 1.54) is 45.1 Å². The van der Waals surface area contributed by atoms with Crippen LogP contribution in [0.5, 0.6) is 0 Å². The Hall–Kier alpha value is -3.30. The lowest BCUT2D eigenvalue weighted by molar-refractivity contribution is 1.09. The highest BCUT2D eigenvalue weighted by Crippen LogP contribution is 2.50. The fourth-order valence-corrected chi connectivity index (χ4v) is 10.5. The molecule has 2 aromatic rings. The summed E-state index contributed by atoms with van der Waals surface area (Å²) >= 11 is 0. The van der Waals surface area contributed by atoms with Gasteiger partial charge in [0.1, 0.15) is 8.07 Å². The molecule has 0 saturated carbocycles. The average molecular weight is 447 g/mol. The molecule has 3 heteroatoms. The van der Waals surface area contributed by atoms with E-state index in [4.69, 9.17) is 0 Å². The van der Waals surface area contributed by atoms with Gasteiger partial charge in [0.05, 0.1) is 0 Å². The largest absolute Gasteiger partial charge is 0.337 e. The normalized spacial score (nSPS) is 19.6. The van der Waals surface area contributed by atoms with Crippen molar-refractivity contribution in [3.63, 3.8) is 0 Å². The van der Waals surface area contributed by atoms with Gasteiger partial charge in [-0.05, 0) is 83.0 Å². The van der Waals surface area contributed by atoms with Gasteiger partial charge in [-0.3, -0.25) is 0 Å². The van der Waals surface area contributed by atoms with Crippen molar-refractivity contribution >= 4 is 19.4 Å². The van der Waals surface area contributed by atoms with Gasteiger partial charge in [0.15, 0.2) is 0 Å². The summed E-state index contributed by atoms with van der Waals surface area (Å²) in [7, 11) is -1.93. The number of benzene rings is 2. The Balaban J connectivity index is 1.32. The van der Waals surface area contributed by atoms with E-state index in [0.717, 1.165) is 13.1 Å². The molecular formula is C30H30N2Si. The molecule has 2 aliphatic heterocycles. The van der Waals surface area contributed by atoms with E-state index < -0.39 is 8.07 Å². The van der Waals surface area contributed by atoms with Gasteiger partial charge in [0.2, 0.25) is 0 Å². The van der Waals surface area contributed by atoms with Crippen molar-refractivity contribution in [1.29, 1.82) is 0 Å². The van der Waals surface area contributed by atoms with Gasteiger partial charge in [-0.15, -0.1) is 0 Å². The number of rotatable bonds is 4. The van der Waals surface area contributed by atoms with E-state index in [9.17, 15) is 0 Å². The maximum Gasteiger partial charge on any atom is 0.114 e. The van der Waals surface area contributed by atoms with Crippen molar-refractivity contribution < 1.29 is 0 Å². The fraction of sp³-hybridized carbons (Fsp3) is 0.200. The lowest BCUT2D eigenvalue weighted by Gasteiger charge is -2.31. The van der Waals surface area contributed by atoms with Gasteiger partial charge in [-0.1, -0.05) is 61.6 Å². The second-order valence-corrected chi connectivity index (χ2v) is 14.2. The molecule has 2 heterocycles. The number of fused-ring (bicyclic) bond motifs is 2. The van der Waals surface area contributed by atoms with Crippen molar-refractivity contribution in [2.75, 3.05) is 22.9 Å². The minimum atomic E-state index is -1.93. The summed E-state index contributed by atoms with van der Waals surface area (Å²) in [5, 5.41) is 3.22. The molecule has 2 aromatic carbocycles. The Kier molecular flexibility index (Phi) is 4.53. The van der Waals surface area contributed by atoms with Crippen LogP contribution in [0.4, 0.5) is 11.4 Å². The lowest BCUT2D eigenvalue weighted by Crippen LogP contribution is -2.35. The van der Waals surface area contributed by atoms with Crippen molar-refractivity contribution in [2.45, 2.75) is 26.9 Å². The van der Waals surface area contributed by atoms with Crippen LogP contribution in [0.3, 0.4) is 0 Å². The predicted octanol–water partition coefficient (Wildman–Crippen LogP) is 7.09. The maximum atomic E-state index is 2.55. The average Bonchev–Trinajstić information content (AvgIpc) is 3.54. The van der Waals surface area contributed by atoms with Gasteiger partial charge < -0.3 is 9.80 Å². The number of para-hydroxylation sites is 2.